The van der Waals surface area contributed by atoms with E-state index in [0.29, 0.717) is 5.56 Å². The summed E-state index contributed by atoms with van der Waals surface area (Å²) in [7, 11) is 1.29. The lowest BCUT2D eigenvalue weighted by Gasteiger charge is -2.12. The minimum atomic E-state index is -3.08. The summed E-state index contributed by atoms with van der Waals surface area (Å²) in [6.07, 6.45) is -0.129. The maximum Gasteiger partial charge on any atom is 0.387 e. The van der Waals surface area contributed by atoms with E-state index >= 15 is 0 Å². The molecule has 1 aromatic carbocycles. The fourth-order valence-electron chi connectivity index (χ4n) is 1.59. The van der Waals surface area contributed by atoms with Crippen LogP contribution in [0.1, 0.15) is 18.1 Å². The molecule has 0 aliphatic heterocycles. The third kappa shape index (κ3) is 4.09. The highest BCUT2D eigenvalue weighted by Gasteiger charge is 2.17. The zero-order chi connectivity index (χ0) is 15.1. The van der Waals surface area contributed by atoms with Crippen LogP contribution in [0.3, 0.4) is 0 Å². The Morgan fingerprint density at radius 2 is 2.05 bits per heavy atom. The highest BCUT2D eigenvalue weighted by atomic mass is 19.3. The van der Waals surface area contributed by atoms with Gasteiger partial charge in [0.05, 0.1) is 20.1 Å². The molecular formula is C13H13F2NO4. The molecule has 5 nitrogen and oxygen atoms in total. The van der Waals surface area contributed by atoms with Gasteiger partial charge < -0.3 is 14.2 Å². The summed E-state index contributed by atoms with van der Waals surface area (Å²) >= 11 is 0. The first-order chi connectivity index (χ1) is 9.51. The molecule has 0 aliphatic carbocycles. The summed E-state index contributed by atoms with van der Waals surface area (Å²) in [4.78, 5) is 11.4. The highest BCUT2D eigenvalue weighted by molar-refractivity contribution is 5.73. The number of rotatable bonds is 6. The van der Waals surface area contributed by atoms with Gasteiger partial charge in [-0.05, 0) is 24.6 Å². The van der Waals surface area contributed by atoms with Crippen LogP contribution in [0.25, 0.3) is 0 Å². The quantitative estimate of drug-likeness (QED) is 0.750. The molecule has 1 rings (SSSR count). The molecule has 0 bridgehead atoms. The molecule has 0 unspecified atom stereocenters. The Morgan fingerprint density at radius 1 is 1.40 bits per heavy atom. The summed E-state index contributed by atoms with van der Waals surface area (Å²) in [5.41, 5.74) is 0.204. The van der Waals surface area contributed by atoms with Gasteiger partial charge >= 0.3 is 12.6 Å². The number of nitriles is 1. The first kappa shape index (κ1) is 15.7. The van der Waals surface area contributed by atoms with E-state index in [1.54, 1.807) is 13.0 Å². The summed E-state index contributed by atoms with van der Waals surface area (Å²) in [5.74, 6) is -0.784. The van der Waals surface area contributed by atoms with E-state index in [1.165, 1.54) is 19.2 Å². The first-order valence-corrected chi connectivity index (χ1v) is 5.73. The van der Waals surface area contributed by atoms with Gasteiger partial charge in [-0.15, -0.1) is 0 Å². The number of methoxy groups -OCH3 is 1. The van der Waals surface area contributed by atoms with Crippen molar-refractivity contribution in [3.8, 4) is 17.6 Å². The van der Waals surface area contributed by atoms with Crippen molar-refractivity contribution in [3.05, 3.63) is 23.3 Å². The van der Waals surface area contributed by atoms with E-state index in [0.717, 1.165) is 0 Å². The third-order valence-electron chi connectivity index (χ3n) is 2.33. The van der Waals surface area contributed by atoms with Gasteiger partial charge in [-0.3, -0.25) is 4.79 Å². The minimum Gasteiger partial charge on any atom is -0.495 e. The van der Waals surface area contributed by atoms with Crippen LogP contribution in [-0.4, -0.2) is 26.3 Å². The first-order valence-electron chi connectivity index (χ1n) is 5.73. The van der Waals surface area contributed by atoms with Crippen LogP contribution in [0.2, 0.25) is 0 Å². The number of alkyl halides is 2. The Labute approximate surface area is 114 Å². The van der Waals surface area contributed by atoms with Crippen LogP contribution in [0.15, 0.2) is 12.1 Å². The second-order valence-electron chi connectivity index (χ2n) is 3.64. The molecule has 0 atom stereocenters. The fraction of sp³-hybridized carbons (Fsp3) is 0.385. The molecule has 1 aromatic rings. The van der Waals surface area contributed by atoms with Gasteiger partial charge in [0.2, 0.25) is 0 Å². The van der Waals surface area contributed by atoms with Crippen molar-refractivity contribution in [2.45, 2.75) is 20.0 Å². The van der Waals surface area contributed by atoms with Crippen molar-refractivity contribution in [2.75, 3.05) is 13.7 Å². The SMILES string of the molecule is CCOC(=O)Cc1cc(OC)c(C#N)c(OC(F)F)c1. The van der Waals surface area contributed by atoms with E-state index in [2.05, 4.69) is 4.74 Å². The van der Waals surface area contributed by atoms with Crippen LogP contribution < -0.4 is 9.47 Å². The van der Waals surface area contributed by atoms with Gasteiger partial charge in [-0.25, -0.2) is 0 Å². The molecule has 20 heavy (non-hydrogen) atoms. The molecule has 0 aromatic heterocycles. The molecule has 0 fully saturated rings. The van der Waals surface area contributed by atoms with Crippen LogP contribution >= 0.6 is 0 Å². The van der Waals surface area contributed by atoms with Crippen LogP contribution in [0.4, 0.5) is 8.78 Å². The standard InChI is InChI=1S/C13H13F2NO4/c1-3-19-12(17)6-8-4-10(18-2)9(7-16)11(5-8)20-13(14)15/h4-5,13H,3,6H2,1-2H3. The summed E-state index contributed by atoms with van der Waals surface area (Å²) < 4.78 is 38.6. The topological polar surface area (TPSA) is 68.5 Å². The molecule has 0 heterocycles. The zero-order valence-corrected chi connectivity index (χ0v) is 11.0. The maximum absolute atomic E-state index is 12.3. The minimum absolute atomic E-state index is 0.0601. The van der Waals surface area contributed by atoms with E-state index in [-0.39, 0.29) is 30.1 Å². The molecule has 108 valence electrons. The maximum atomic E-state index is 12.3. The highest BCUT2D eigenvalue weighted by Crippen LogP contribution is 2.31. The average Bonchev–Trinajstić information content (AvgIpc) is 2.37. The number of carbonyl (C=O) groups excluding carboxylic acids is 1. The normalized spacial score (nSPS) is 10.0. The Balaban J connectivity index is 3.14. The number of ether oxygens (including phenoxy) is 3. The second kappa shape index (κ2) is 7.28. The van der Waals surface area contributed by atoms with E-state index in [1.807, 2.05) is 0 Å². The smallest absolute Gasteiger partial charge is 0.387 e. The summed E-state index contributed by atoms with van der Waals surface area (Å²) in [6, 6.07) is 4.34. The van der Waals surface area contributed by atoms with Crippen LogP contribution in [0, 0.1) is 11.3 Å². The van der Waals surface area contributed by atoms with Gasteiger partial charge in [-0.1, -0.05) is 0 Å². The van der Waals surface area contributed by atoms with Crippen molar-refractivity contribution < 1.29 is 27.8 Å². The predicted molar refractivity (Wildman–Crippen MR) is 64.7 cm³/mol. The van der Waals surface area contributed by atoms with Gasteiger partial charge in [0.1, 0.15) is 23.1 Å². The second-order valence-corrected chi connectivity index (χ2v) is 3.64. The van der Waals surface area contributed by atoms with Crippen molar-refractivity contribution >= 4 is 5.97 Å². The molecule has 0 amide bonds. The lowest BCUT2D eigenvalue weighted by Crippen LogP contribution is -2.09. The number of hydrogen-bond acceptors (Lipinski definition) is 5. The van der Waals surface area contributed by atoms with Gasteiger partial charge in [-0.2, -0.15) is 14.0 Å². The number of nitrogens with zero attached hydrogens (tertiary/aromatic N) is 1. The molecule has 0 N–H and O–H groups in total. The fourth-order valence-corrected chi connectivity index (χ4v) is 1.59. The third-order valence-corrected chi connectivity index (χ3v) is 2.33. The number of hydrogen-bond donors (Lipinski definition) is 0. The monoisotopic (exact) mass is 285 g/mol. The Bertz CT molecular complexity index is 526. The number of carbonyl (C=O) groups is 1. The lowest BCUT2D eigenvalue weighted by molar-refractivity contribution is -0.142. The van der Waals surface area contributed by atoms with E-state index < -0.39 is 12.6 Å². The molecule has 0 spiro atoms. The number of esters is 1. The largest absolute Gasteiger partial charge is 0.495 e. The van der Waals surface area contributed by atoms with Gasteiger partial charge in [0, 0.05) is 0 Å². The van der Waals surface area contributed by atoms with E-state index in [9.17, 15) is 13.6 Å². The zero-order valence-electron chi connectivity index (χ0n) is 11.0. The van der Waals surface area contributed by atoms with E-state index in [4.69, 9.17) is 14.7 Å². The molecule has 0 saturated heterocycles. The van der Waals surface area contributed by atoms with Crippen LogP contribution in [-0.2, 0) is 16.0 Å². The molecule has 0 saturated carbocycles. The number of halogens is 2. The Morgan fingerprint density at radius 3 is 2.55 bits per heavy atom. The van der Waals surface area contributed by atoms with Crippen molar-refractivity contribution in [3.63, 3.8) is 0 Å². The molecule has 0 radical (unpaired) electrons. The summed E-state index contributed by atoms with van der Waals surface area (Å²) in [5, 5.41) is 8.95. The Kier molecular flexibility index (Phi) is 5.72. The Hall–Kier alpha value is -2.36. The molecule has 7 heteroatoms. The summed E-state index contributed by atoms with van der Waals surface area (Å²) in [6.45, 7) is -1.21. The van der Waals surface area contributed by atoms with Crippen LogP contribution in [0.5, 0.6) is 11.5 Å². The van der Waals surface area contributed by atoms with Gasteiger partial charge in [0.15, 0.2) is 0 Å². The predicted octanol–water partition coefficient (Wildman–Crippen LogP) is 2.27. The molecular weight excluding hydrogens is 272 g/mol. The van der Waals surface area contributed by atoms with Crippen molar-refractivity contribution in [1.82, 2.24) is 0 Å². The van der Waals surface area contributed by atoms with Crippen molar-refractivity contribution in [2.24, 2.45) is 0 Å². The lowest BCUT2D eigenvalue weighted by atomic mass is 10.1. The number of benzene rings is 1. The van der Waals surface area contributed by atoms with Crippen molar-refractivity contribution in [1.29, 1.82) is 5.26 Å². The average molecular weight is 285 g/mol. The van der Waals surface area contributed by atoms with Gasteiger partial charge in [0.25, 0.3) is 0 Å². The molecule has 0 aliphatic rings.